The van der Waals surface area contributed by atoms with Crippen LogP contribution < -0.4 is 10.5 Å². The van der Waals surface area contributed by atoms with Gasteiger partial charge >= 0.3 is 0 Å². The third-order valence-corrected chi connectivity index (χ3v) is 5.65. The average molecular weight is 390 g/mol. The van der Waals surface area contributed by atoms with Gasteiger partial charge in [0.05, 0.1) is 9.92 Å². The zero-order valence-corrected chi connectivity index (χ0v) is 13.9. The number of rotatable bonds is 5. The Hall–Kier alpha value is 0.150. The summed E-state index contributed by atoms with van der Waals surface area (Å²) in [6, 6.07) is 4.35. The minimum absolute atomic E-state index is 0. The van der Waals surface area contributed by atoms with Crippen LogP contribution in [0.25, 0.3) is 0 Å². The zero-order valence-electron chi connectivity index (χ0n) is 9.97. The predicted molar refractivity (Wildman–Crippen MR) is 82.3 cm³/mol. The highest BCUT2D eigenvalue weighted by molar-refractivity contribution is 9.10. The van der Waals surface area contributed by atoms with Crippen molar-refractivity contribution in [3.05, 3.63) is 27.7 Å². The molecule has 0 aliphatic heterocycles. The van der Waals surface area contributed by atoms with Crippen LogP contribution in [-0.2, 0) is 10.0 Å². The Morgan fingerprint density at radius 3 is 2.58 bits per heavy atom. The molecule has 19 heavy (non-hydrogen) atoms. The maximum Gasteiger partial charge on any atom is 0.240 e. The van der Waals surface area contributed by atoms with E-state index < -0.39 is 10.0 Å². The summed E-state index contributed by atoms with van der Waals surface area (Å²) in [6.07, 6.45) is 2.07. The van der Waals surface area contributed by atoms with Crippen molar-refractivity contribution in [1.82, 2.24) is 4.72 Å². The van der Waals surface area contributed by atoms with E-state index in [9.17, 15) is 8.42 Å². The van der Waals surface area contributed by atoms with Crippen molar-refractivity contribution in [2.45, 2.75) is 23.8 Å². The standard InChI is InChI=1S/C11H14BrClN2O2S.ClH/c12-9-5-8(3-4-10(9)13)18(16,17)15-11(6-14)7-1-2-7;/h3-5,7,11,15H,1-2,6,14H2;1H. The molecule has 108 valence electrons. The summed E-state index contributed by atoms with van der Waals surface area (Å²) in [7, 11) is -3.53. The van der Waals surface area contributed by atoms with Gasteiger partial charge in [0.2, 0.25) is 10.0 Å². The number of benzene rings is 1. The molecule has 1 aliphatic rings. The minimum atomic E-state index is -3.53. The van der Waals surface area contributed by atoms with Crippen molar-refractivity contribution in [3.63, 3.8) is 0 Å². The van der Waals surface area contributed by atoms with Crippen molar-refractivity contribution in [1.29, 1.82) is 0 Å². The summed E-state index contributed by atoms with van der Waals surface area (Å²) in [5.74, 6) is 0.375. The first kappa shape index (κ1) is 17.2. The van der Waals surface area contributed by atoms with Crippen molar-refractivity contribution >= 4 is 50.0 Å². The molecule has 1 atom stereocenters. The van der Waals surface area contributed by atoms with E-state index in [1.54, 1.807) is 6.07 Å². The molecule has 1 unspecified atom stereocenters. The van der Waals surface area contributed by atoms with Gasteiger partial charge in [0.1, 0.15) is 0 Å². The molecular formula is C11H15BrCl2N2O2S. The first-order valence-electron chi connectivity index (χ1n) is 5.61. The molecule has 0 spiro atoms. The van der Waals surface area contributed by atoms with E-state index in [0.29, 0.717) is 22.0 Å². The molecule has 0 aromatic heterocycles. The van der Waals surface area contributed by atoms with Gasteiger partial charge in [-0.25, -0.2) is 13.1 Å². The van der Waals surface area contributed by atoms with Crippen LogP contribution in [0, 0.1) is 5.92 Å². The van der Waals surface area contributed by atoms with E-state index in [2.05, 4.69) is 20.7 Å². The van der Waals surface area contributed by atoms with Crippen molar-refractivity contribution in [2.24, 2.45) is 11.7 Å². The smallest absolute Gasteiger partial charge is 0.240 e. The predicted octanol–water partition coefficient (Wildman–Crippen LogP) is 2.54. The van der Waals surface area contributed by atoms with Crippen LogP contribution in [0.4, 0.5) is 0 Å². The molecule has 0 saturated heterocycles. The molecule has 1 aromatic rings. The highest BCUT2D eigenvalue weighted by Gasteiger charge is 2.33. The molecule has 0 bridgehead atoms. The second-order valence-electron chi connectivity index (χ2n) is 4.38. The number of nitrogens with one attached hydrogen (secondary N) is 1. The highest BCUT2D eigenvalue weighted by atomic mass is 79.9. The Bertz CT molecular complexity index is 550. The van der Waals surface area contributed by atoms with Gasteiger partial charge in [-0.3, -0.25) is 0 Å². The normalized spacial score (nSPS) is 16.8. The van der Waals surface area contributed by atoms with Crippen LogP contribution in [0.1, 0.15) is 12.8 Å². The van der Waals surface area contributed by atoms with E-state index in [4.69, 9.17) is 17.3 Å². The Morgan fingerprint density at radius 1 is 1.47 bits per heavy atom. The molecular weight excluding hydrogens is 375 g/mol. The SMILES string of the molecule is Cl.NCC(NS(=O)(=O)c1ccc(Cl)c(Br)c1)C1CC1. The molecule has 2 rings (SSSR count). The van der Waals surface area contributed by atoms with Gasteiger partial charge in [0, 0.05) is 17.1 Å². The summed E-state index contributed by atoms with van der Waals surface area (Å²) in [5, 5.41) is 0.478. The second kappa shape index (κ2) is 6.74. The molecule has 4 nitrogen and oxygen atoms in total. The topological polar surface area (TPSA) is 72.2 Å². The summed E-state index contributed by atoms with van der Waals surface area (Å²) in [4.78, 5) is 0.192. The Labute approximate surface area is 132 Å². The molecule has 1 saturated carbocycles. The van der Waals surface area contributed by atoms with Gasteiger partial charge in [0.25, 0.3) is 0 Å². The molecule has 1 aromatic carbocycles. The van der Waals surface area contributed by atoms with E-state index in [1.807, 2.05) is 0 Å². The molecule has 3 N–H and O–H groups in total. The lowest BCUT2D eigenvalue weighted by atomic mass is 10.2. The fraction of sp³-hybridized carbons (Fsp3) is 0.455. The number of hydrogen-bond acceptors (Lipinski definition) is 3. The van der Waals surface area contributed by atoms with Crippen LogP contribution in [0.2, 0.25) is 5.02 Å². The van der Waals surface area contributed by atoms with Gasteiger partial charge in [0.15, 0.2) is 0 Å². The molecule has 1 aliphatic carbocycles. The Morgan fingerprint density at radius 2 is 2.11 bits per heavy atom. The van der Waals surface area contributed by atoms with E-state index in [1.165, 1.54) is 12.1 Å². The lowest BCUT2D eigenvalue weighted by Gasteiger charge is -2.16. The lowest BCUT2D eigenvalue weighted by molar-refractivity contribution is 0.519. The molecule has 0 heterocycles. The van der Waals surface area contributed by atoms with Crippen molar-refractivity contribution in [3.8, 4) is 0 Å². The molecule has 0 radical (unpaired) electrons. The van der Waals surface area contributed by atoms with Crippen molar-refractivity contribution < 1.29 is 8.42 Å². The van der Waals surface area contributed by atoms with E-state index in [-0.39, 0.29) is 23.3 Å². The average Bonchev–Trinajstić information content (AvgIpc) is 3.13. The second-order valence-corrected chi connectivity index (χ2v) is 7.35. The molecule has 0 amide bonds. The summed E-state index contributed by atoms with van der Waals surface area (Å²) in [5.41, 5.74) is 5.60. The zero-order chi connectivity index (χ0) is 13.3. The molecule has 8 heteroatoms. The molecule has 1 fully saturated rings. The van der Waals surface area contributed by atoms with Crippen molar-refractivity contribution in [2.75, 3.05) is 6.54 Å². The van der Waals surface area contributed by atoms with Gasteiger partial charge in [-0.15, -0.1) is 12.4 Å². The summed E-state index contributed by atoms with van der Waals surface area (Å²) in [6.45, 7) is 0.318. The fourth-order valence-corrected chi connectivity index (χ4v) is 3.74. The first-order chi connectivity index (χ1) is 8.44. The van der Waals surface area contributed by atoms with Crippen LogP contribution in [0.15, 0.2) is 27.6 Å². The Balaban J connectivity index is 0.00000180. The lowest BCUT2D eigenvalue weighted by Crippen LogP contribution is -2.41. The van der Waals surface area contributed by atoms with Gasteiger partial charge in [-0.1, -0.05) is 11.6 Å². The van der Waals surface area contributed by atoms with Crippen LogP contribution in [0.3, 0.4) is 0 Å². The largest absolute Gasteiger partial charge is 0.329 e. The first-order valence-corrected chi connectivity index (χ1v) is 8.27. The third-order valence-electron chi connectivity index (χ3n) is 2.95. The number of halogens is 3. The Kier molecular flexibility index (Phi) is 6.10. The maximum atomic E-state index is 12.2. The number of hydrogen-bond donors (Lipinski definition) is 2. The van der Waals surface area contributed by atoms with Gasteiger partial charge in [-0.05, 0) is 52.9 Å². The quantitative estimate of drug-likeness (QED) is 0.812. The van der Waals surface area contributed by atoms with Crippen LogP contribution in [-0.4, -0.2) is 21.0 Å². The van der Waals surface area contributed by atoms with E-state index >= 15 is 0 Å². The minimum Gasteiger partial charge on any atom is -0.329 e. The van der Waals surface area contributed by atoms with Gasteiger partial charge < -0.3 is 5.73 Å². The number of sulfonamides is 1. The van der Waals surface area contributed by atoms with Crippen LogP contribution >= 0.6 is 39.9 Å². The monoisotopic (exact) mass is 388 g/mol. The van der Waals surface area contributed by atoms with Crippen LogP contribution in [0.5, 0.6) is 0 Å². The van der Waals surface area contributed by atoms with E-state index in [0.717, 1.165) is 12.8 Å². The summed E-state index contributed by atoms with van der Waals surface area (Å²) >= 11 is 9.06. The number of nitrogens with two attached hydrogens (primary N) is 1. The fourth-order valence-electron chi connectivity index (χ4n) is 1.75. The third kappa shape index (κ3) is 4.31. The highest BCUT2D eigenvalue weighted by Crippen LogP contribution is 2.33. The van der Waals surface area contributed by atoms with Gasteiger partial charge in [-0.2, -0.15) is 0 Å². The summed E-state index contributed by atoms with van der Waals surface area (Å²) < 4.78 is 27.5. The maximum absolute atomic E-state index is 12.2.